The van der Waals surface area contributed by atoms with E-state index in [1.165, 1.54) is 24.2 Å². The third kappa shape index (κ3) is 3.08. The average Bonchev–Trinajstić information content (AvgIpc) is 2.34. The topological polar surface area (TPSA) is 0 Å². The maximum absolute atomic E-state index is 2.44. The van der Waals surface area contributed by atoms with Crippen LogP contribution in [0, 0.1) is 0 Å². The van der Waals surface area contributed by atoms with Crippen molar-refractivity contribution in [3.63, 3.8) is 0 Å². The summed E-state index contributed by atoms with van der Waals surface area (Å²) in [5.41, 5.74) is 0. The van der Waals surface area contributed by atoms with Gasteiger partial charge in [-0.05, 0) is 0 Å². The second-order valence-electron chi connectivity index (χ2n) is 4.66. The van der Waals surface area contributed by atoms with E-state index in [-0.39, 0.29) is 0 Å². The zero-order valence-corrected chi connectivity index (χ0v) is 13.6. The molecule has 0 saturated carbocycles. The van der Waals surface area contributed by atoms with E-state index < -0.39 is 17.6 Å². The molecule has 1 aromatic rings. The molecular weight excluding hydrogens is 224 g/mol. The van der Waals surface area contributed by atoms with E-state index in [1.807, 2.05) is 0 Å². The van der Waals surface area contributed by atoms with Crippen LogP contribution in [0.2, 0.25) is 24.2 Å². The highest BCUT2D eigenvalue weighted by Crippen LogP contribution is 2.03. The first-order valence-electron chi connectivity index (χ1n) is 6.87. The maximum Gasteiger partial charge on any atom is 0.0701 e. The predicted octanol–water partition coefficient (Wildman–Crippen LogP) is 2.63. The summed E-state index contributed by atoms with van der Waals surface area (Å²) >= 11 is 0. The lowest BCUT2D eigenvalue weighted by Gasteiger charge is -2.21. The molecule has 2 heteroatoms. The molecule has 0 atom stereocenters. The van der Waals surface area contributed by atoms with Gasteiger partial charge in [0.15, 0.2) is 0 Å². The summed E-state index contributed by atoms with van der Waals surface area (Å²) in [7, 11) is -1.28. The molecule has 1 aromatic carbocycles. The van der Waals surface area contributed by atoms with Gasteiger partial charge in [-0.3, -0.25) is 0 Å². The third-order valence-electron chi connectivity index (χ3n) is 3.85. The summed E-state index contributed by atoms with van der Waals surface area (Å²) in [5.74, 6) is 0. The summed E-state index contributed by atoms with van der Waals surface area (Å²) in [6.45, 7) is 9.52. The third-order valence-corrected chi connectivity index (χ3v) is 10.9. The molecule has 16 heavy (non-hydrogen) atoms. The molecule has 0 nitrogen and oxygen atoms in total. The van der Waals surface area contributed by atoms with E-state index in [2.05, 4.69) is 52.0 Å². The van der Waals surface area contributed by atoms with Crippen LogP contribution in [0.3, 0.4) is 0 Å². The molecule has 0 fully saturated rings. The van der Waals surface area contributed by atoms with Crippen LogP contribution in [0.1, 0.15) is 27.7 Å². The quantitative estimate of drug-likeness (QED) is 0.681. The monoisotopic (exact) mass is 250 g/mol. The van der Waals surface area contributed by atoms with Crippen LogP contribution < -0.4 is 10.4 Å². The first-order chi connectivity index (χ1) is 7.78. The first kappa shape index (κ1) is 13.7. The van der Waals surface area contributed by atoms with E-state index in [1.54, 1.807) is 10.4 Å². The van der Waals surface area contributed by atoms with Crippen molar-refractivity contribution in [2.24, 2.45) is 0 Å². The van der Waals surface area contributed by atoms with Crippen LogP contribution in [0.25, 0.3) is 0 Å². The van der Waals surface area contributed by atoms with Crippen molar-refractivity contribution in [2.45, 2.75) is 51.9 Å². The summed E-state index contributed by atoms with van der Waals surface area (Å²) < 4.78 is 0. The fourth-order valence-corrected chi connectivity index (χ4v) is 8.94. The van der Waals surface area contributed by atoms with Gasteiger partial charge in [-0.15, -0.1) is 0 Å². The number of hydrogen-bond donors (Lipinski definition) is 0. The Morgan fingerprint density at radius 3 is 1.25 bits per heavy atom. The fraction of sp³-hybridized carbons (Fsp3) is 0.571. The van der Waals surface area contributed by atoms with Crippen molar-refractivity contribution < 1.29 is 0 Å². The van der Waals surface area contributed by atoms with E-state index in [9.17, 15) is 0 Å². The zero-order valence-electron chi connectivity index (χ0n) is 11.3. The lowest BCUT2D eigenvalue weighted by molar-refractivity contribution is 1.32. The smallest absolute Gasteiger partial charge is 0.0677 e. The molecule has 0 N–H and O–H groups in total. The first-order valence-corrected chi connectivity index (χ1v) is 11.3. The van der Waals surface area contributed by atoms with Crippen molar-refractivity contribution >= 4 is 28.0 Å². The summed E-state index contributed by atoms with van der Waals surface area (Å²) in [6.07, 6.45) is 0. The highest BCUT2D eigenvalue weighted by Gasteiger charge is 2.17. The van der Waals surface area contributed by atoms with E-state index >= 15 is 0 Å². The molecule has 0 aliphatic carbocycles. The molecule has 0 bridgehead atoms. The van der Waals surface area contributed by atoms with E-state index in [0.717, 1.165) is 0 Å². The SMILES string of the molecule is CC[SiH](CC)c1ccccc1[SiH](CC)CC. The van der Waals surface area contributed by atoms with Gasteiger partial charge in [0.2, 0.25) is 0 Å². The molecule has 0 aromatic heterocycles. The lowest BCUT2D eigenvalue weighted by atomic mass is 10.4. The maximum atomic E-state index is 2.44. The van der Waals surface area contributed by atoms with Gasteiger partial charge in [0, 0.05) is 0 Å². The van der Waals surface area contributed by atoms with Gasteiger partial charge in [-0.25, -0.2) is 0 Å². The number of benzene rings is 1. The Kier molecular flexibility index (Phi) is 6.06. The predicted molar refractivity (Wildman–Crippen MR) is 81.9 cm³/mol. The Bertz CT molecular complexity index is 270. The Balaban J connectivity index is 3.07. The highest BCUT2D eigenvalue weighted by atomic mass is 28.3. The Morgan fingerprint density at radius 2 is 1.00 bits per heavy atom. The van der Waals surface area contributed by atoms with Crippen molar-refractivity contribution in [3.8, 4) is 0 Å². The second kappa shape index (κ2) is 7.07. The van der Waals surface area contributed by atoms with Crippen molar-refractivity contribution in [3.05, 3.63) is 24.3 Å². The molecule has 0 aliphatic heterocycles. The number of hydrogen-bond acceptors (Lipinski definition) is 0. The van der Waals surface area contributed by atoms with Crippen molar-refractivity contribution in [2.75, 3.05) is 0 Å². The lowest BCUT2D eigenvalue weighted by Crippen LogP contribution is -2.47. The zero-order chi connectivity index (χ0) is 12.0. The van der Waals surface area contributed by atoms with Crippen molar-refractivity contribution in [1.29, 1.82) is 0 Å². The Labute approximate surface area is 104 Å². The van der Waals surface area contributed by atoms with Gasteiger partial charge >= 0.3 is 0 Å². The normalized spacial score (nSPS) is 11.4. The minimum atomic E-state index is -0.639. The minimum absolute atomic E-state index is 0.639. The molecule has 0 unspecified atom stereocenters. The highest BCUT2D eigenvalue weighted by molar-refractivity contribution is 6.84. The second-order valence-corrected chi connectivity index (χ2v) is 12.0. The van der Waals surface area contributed by atoms with Crippen LogP contribution in [-0.4, -0.2) is 17.6 Å². The van der Waals surface area contributed by atoms with Gasteiger partial charge in [0.1, 0.15) is 0 Å². The van der Waals surface area contributed by atoms with Crippen LogP contribution >= 0.6 is 0 Å². The fourth-order valence-electron chi connectivity index (χ4n) is 2.71. The number of rotatable bonds is 6. The van der Waals surface area contributed by atoms with Gasteiger partial charge in [-0.2, -0.15) is 0 Å². The van der Waals surface area contributed by atoms with Gasteiger partial charge in [0.05, 0.1) is 17.6 Å². The van der Waals surface area contributed by atoms with Crippen LogP contribution in [0.15, 0.2) is 24.3 Å². The Morgan fingerprint density at radius 1 is 0.688 bits per heavy atom. The van der Waals surface area contributed by atoms with Gasteiger partial charge < -0.3 is 0 Å². The average molecular weight is 251 g/mol. The summed E-state index contributed by atoms with van der Waals surface area (Å²) in [4.78, 5) is 0. The van der Waals surface area contributed by atoms with E-state index in [0.29, 0.717) is 0 Å². The van der Waals surface area contributed by atoms with Crippen LogP contribution in [0.4, 0.5) is 0 Å². The van der Waals surface area contributed by atoms with Gasteiger partial charge in [-0.1, -0.05) is 86.5 Å². The molecule has 0 aliphatic rings. The van der Waals surface area contributed by atoms with Gasteiger partial charge in [0.25, 0.3) is 0 Å². The summed E-state index contributed by atoms with van der Waals surface area (Å²) in [6, 6.07) is 15.0. The van der Waals surface area contributed by atoms with E-state index in [4.69, 9.17) is 0 Å². The molecule has 90 valence electrons. The van der Waals surface area contributed by atoms with Crippen LogP contribution in [-0.2, 0) is 0 Å². The van der Waals surface area contributed by atoms with Crippen molar-refractivity contribution in [1.82, 2.24) is 0 Å². The standard InChI is InChI=1S/C14H26Si2/c1-5-15(6-2)13-11-9-10-12-14(13)16(7-3)8-4/h9-12,15-16H,5-8H2,1-4H3. The minimum Gasteiger partial charge on any atom is -0.0677 e. The Hall–Kier alpha value is -0.346. The largest absolute Gasteiger partial charge is 0.0701 e. The molecule has 0 amide bonds. The molecule has 0 radical (unpaired) electrons. The summed E-state index contributed by atoms with van der Waals surface area (Å²) in [5, 5.41) is 3.60. The molecule has 0 saturated heterocycles. The molecule has 1 rings (SSSR count). The van der Waals surface area contributed by atoms with Crippen LogP contribution in [0.5, 0.6) is 0 Å². The molecule has 0 spiro atoms. The molecular formula is C14H26Si2. The molecule has 0 heterocycles.